The highest BCUT2D eigenvalue weighted by molar-refractivity contribution is 5.91. The molecule has 2 heterocycles. The predicted molar refractivity (Wildman–Crippen MR) is 93.1 cm³/mol. The van der Waals surface area contributed by atoms with Crippen molar-refractivity contribution in [2.45, 2.75) is 33.2 Å². The van der Waals surface area contributed by atoms with Crippen molar-refractivity contribution in [1.82, 2.24) is 9.88 Å². The van der Waals surface area contributed by atoms with E-state index in [0.717, 1.165) is 55.7 Å². The van der Waals surface area contributed by atoms with Crippen molar-refractivity contribution in [3.05, 3.63) is 35.5 Å². The topological polar surface area (TPSA) is 51.7 Å². The molecule has 1 aromatic heterocycles. The van der Waals surface area contributed by atoms with Gasteiger partial charge in [-0.15, -0.1) is 0 Å². The van der Waals surface area contributed by atoms with Gasteiger partial charge in [-0.2, -0.15) is 0 Å². The molecule has 2 aromatic rings. The van der Waals surface area contributed by atoms with E-state index in [1.807, 2.05) is 19.9 Å². The third kappa shape index (κ3) is 3.74. The summed E-state index contributed by atoms with van der Waals surface area (Å²) in [5.74, 6) is 0.392. The van der Waals surface area contributed by atoms with Crippen molar-refractivity contribution in [2.24, 2.45) is 0 Å². The highest BCUT2D eigenvalue weighted by Crippen LogP contribution is 2.32. The summed E-state index contributed by atoms with van der Waals surface area (Å²) >= 11 is 0. The standard InChI is InChI=1S/C19H24N2O3/c1-3-5-17(22)24-19-14(2)12-15(13-21-8-10-23-11-9-21)16-6-4-7-20-18(16)19/h4,6-7,12H,3,5,8-11,13H2,1-2H3. The van der Waals surface area contributed by atoms with Gasteiger partial charge in [0.2, 0.25) is 0 Å². The van der Waals surface area contributed by atoms with E-state index in [4.69, 9.17) is 9.47 Å². The summed E-state index contributed by atoms with van der Waals surface area (Å²) < 4.78 is 11.0. The number of rotatable bonds is 5. The minimum absolute atomic E-state index is 0.200. The van der Waals surface area contributed by atoms with Gasteiger partial charge in [-0.25, -0.2) is 0 Å². The van der Waals surface area contributed by atoms with Gasteiger partial charge in [0.05, 0.1) is 13.2 Å². The smallest absolute Gasteiger partial charge is 0.311 e. The average molecular weight is 328 g/mol. The number of carbonyl (C=O) groups excluding carboxylic acids is 1. The Morgan fingerprint density at radius 1 is 1.38 bits per heavy atom. The minimum Gasteiger partial charge on any atom is -0.424 e. The quantitative estimate of drug-likeness (QED) is 0.623. The van der Waals surface area contributed by atoms with Crippen molar-refractivity contribution in [3.63, 3.8) is 0 Å². The number of benzene rings is 1. The van der Waals surface area contributed by atoms with Crippen LogP contribution in [0.2, 0.25) is 0 Å². The van der Waals surface area contributed by atoms with Crippen molar-refractivity contribution in [2.75, 3.05) is 26.3 Å². The van der Waals surface area contributed by atoms with Crippen LogP contribution < -0.4 is 4.74 Å². The Morgan fingerprint density at radius 2 is 2.17 bits per heavy atom. The van der Waals surface area contributed by atoms with Crippen LogP contribution in [-0.2, 0) is 16.1 Å². The first kappa shape index (κ1) is 16.9. The Balaban J connectivity index is 1.95. The lowest BCUT2D eigenvalue weighted by Gasteiger charge is -2.27. The van der Waals surface area contributed by atoms with Gasteiger partial charge < -0.3 is 9.47 Å². The third-order valence-corrected chi connectivity index (χ3v) is 4.29. The van der Waals surface area contributed by atoms with E-state index >= 15 is 0 Å². The van der Waals surface area contributed by atoms with E-state index in [1.165, 1.54) is 5.56 Å². The zero-order valence-electron chi connectivity index (χ0n) is 14.4. The average Bonchev–Trinajstić information content (AvgIpc) is 2.59. The summed E-state index contributed by atoms with van der Waals surface area (Å²) in [6.07, 6.45) is 2.94. The summed E-state index contributed by atoms with van der Waals surface area (Å²) in [6, 6.07) is 6.10. The molecule has 0 amide bonds. The van der Waals surface area contributed by atoms with Crippen molar-refractivity contribution in [1.29, 1.82) is 0 Å². The highest BCUT2D eigenvalue weighted by atomic mass is 16.5. The molecule has 5 nitrogen and oxygen atoms in total. The molecule has 0 aliphatic carbocycles. The van der Waals surface area contributed by atoms with E-state index < -0.39 is 0 Å². The number of carbonyl (C=O) groups is 1. The molecule has 0 saturated carbocycles. The highest BCUT2D eigenvalue weighted by Gasteiger charge is 2.17. The van der Waals surface area contributed by atoms with Crippen molar-refractivity contribution in [3.8, 4) is 5.75 Å². The zero-order valence-corrected chi connectivity index (χ0v) is 14.4. The third-order valence-electron chi connectivity index (χ3n) is 4.29. The number of morpholine rings is 1. The fraction of sp³-hybridized carbons (Fsp3) is 0.474. The van der Waals surface area contributed by atoms with Crippen LogP contribution in [0.4, 0.5) is 0 Å². The summed E-state index contributed by atoms with van der Waals surface area (Å²) in [5, 5.41) is 1.05. The summed E-state index contributed by atoms with van der Waals surface area (Å²) in [7, 11) is 0. The second kappa shape index (κ2) is 7.73. The van der Waals surface area contributed by atoms with Gasteiger partial charge in [0.1, 0.15) is 5.52 Å². The molecule has 3 rings (SSSR count). The largest absolute Gasteiger partial charge is 0.424 e. The molecular weight excluding hydrogens is 304 g/mol. The molecule has 24 heavy (non-hydrogen) atoms. The number of ether oxygens (including phenoxy) is 2. The Hall–Kier alpha value is -1.98. The molecule has 0 spiro atoms. The number of hydrogen-bond donors (Lipinski definition) is 0. The van der Waals surface area contributed by atoms with Crippen LogP contribution in [0.3, 0.4) is 0 Å². The first-order valence-electron chi connectivity index (χ1n) is 8.57. The zero-order chi connectivity index (χ0) is 16.9. The molecule has 0 unspecified atom stereocenters. The van der Waals surface area contributed by atoms with Crippen LogP contribution in [0.15, 0.2) is 24.4 Å². The molecule has 0 bridgehead atoms. The first-order chi connectivity index (χ1) is 11.7. The van der Waals surface area contributed by atoms with Crippen LogP contribution in [0.1, 0.15) is 30.9 Å². The Morgan fingerprint density at radius 3 is 2.92 bits per heavy atom. The van der Waals surface area contributed by atoms with Crippen LogP contribution >= 0.6 is 0 Å². The molecule has 1 saturated heterocycles. The number of esters is 1. The first-order valence-corrected chi connectivity index (χ1v) is 8.57. The fourth-order valence-electron chi connectivity index (χ4n) is 3.07. The van der Waals surface area contributed by atoms with E-state index in [2.05, 4.69) is 22.0 Å². The fourth-order valence-corrected chi connectivity index (χ4v) is 3.07. The second-order valence-electron chi connectivity index (χ2n) is 6.19. The van der Waals surface area contributed by atoms with Gasteiger partial charge in [-0.3, -0.25) is 14.7 Å². The minimum atomic E-state index is -0.200. The number of pyridine rings is 1. The number of nitrogens with zero attached hydrogens (tertiary/aromatic N) is 2. The van der Waals surface area contributed by atoms with Gasteiger partial charge in [0.25, 0.3) is 0 Å². The van der Waals surface area contributed by atoms with E-state index in [-0.39, 0.29) is 5.97 Å². The molecule has 1 aliphatic rings. The number of aromatic nitrogens is 1. The summed E-state index contributed by atoms with van der Waals surface area (Å²) in [6.45, 7) is 8.24. The maximum absolute atomic E-state index is 11.9. The van der Waals surface area contributed by atoms with Crippen LogP contribution in [0.25, 0.3) is 10.9 Å². The van der Waals surface area contributed by atoms with Crippen LogP contribution in [0.5, 0.6) is 5.75 Å². The SMILES string of the molecule is CCCC(=O)Oc1c(C)cc(CN2CCOCC2)c2cccnc12. The van der Waals surface area contributed by atoms with E-state index in [0.29, 0.717) is 12.2 Å². The molecular formula is C19H24N2O3. The van der Waals surface area contributed by atoms with Crippen LogP contribution in [-0.4, -0.2) is 42.2 Å². The normalized spacial score (nSPS) is 15.6. The monoisotopic (exact) mass is 328 g/mol. The maximum atomic E-state index is 11.9. The van der Waals surface area contributed by atoms with Crippen LogP contribution in [0, 0.1) is 6.92 Å². The van der Waals surface area contributed by atoms with Gasteiger partial charge in [-0.05, 0) is 30.5 Å². The lowest BCUT2D eigenvalue weighted by molar-refractivity contribution is -0.134. The Labute approximate surface area is 142 Å². The van der Waals surface area contributed by atoms with Gasteiger partial charge in [-0.1, -0.05) is 19.1 Å². The molecule has 0 atom stereocenters. The molecule has 0 N–H and O–H groups in total. The maximum Gasteiger partial charge on any atom is 0.311 e. The van der Waals surface area contributed by atoms with Crippen molar-refractivity contribution < 1.29 is 14.3 Å². The second-order valence-corrected chi connectivity index (χ2v) is 6.19. The molecule has 1 aliphatic heterocycles. The van der Waals surface area contributed by atoms with E-state index in [9.17, 15) is 4.79 Å². The lowest BCUT2D eigenvalue weighted by Crippen LogP contribution is -2.35. The van der Waals surface area contributed by atoms with Crippen molar-refractivity contribution >= 4 is 16.9 Å². The van der Waals surface area contributed by atoms with Gasteiger partial charge >= 0.3 is 5.97 Å². The number of aryl methyl sites for hydroxylation is 1. The Bertz CT molecular complexity index is 724. The molecule has 0 radical (unpaired) electrons. The predicted octanol–water partition coefficient (Wildman–Crippen LogP) is 3.08. The van der Waals surface area contributed by atoms with Gasteiger partial charge in [0.15, 0.2) is 5.75 Å². The summed E-state index contributed by atoms with van der Waals surface area (Å²) in [5.41, 5.74) is 2.94. The summed E-state index contributed by atoms with van der Waals surface area (Å²) in [4.78, 5) is 18.8. The lowest BCUT2D eigenvalue weighted by atomic mass is 10.0. The number of fused-ring (bicyclic) bond motifs is 1. The van der Waals surface area contributed by atoms with Gasteiger partial charge in [0, 0.05) is 37.6 Å². The molecule has 1 fully saturated rings. The Kier molecular flexibility index (Phi) is 5.43. The molecule has 128 valence electrons. The molecule has 1 aromatic carbocycles. The van der Waals surface area contributed by atoms with E-state index in [1.54, 1.807) is 6.20 Å². The number of hydrogen-bond acceptors (Lipinski definition) is 5. The molecule has 5 heteroatoms.